The fourth-order valence-corrected chi connectivity index (χ4v) is 3.10. The zero-order valence-corrected chi connectivity index (χ0v) is 15.6. The molecule has 3 heterocycles. The van der Waals surface area contributed by atoms with E-state index in [1.165, 1.54) is 18.7 Å². The van der Waals surface area contributed by atoms with Gasteiger partial charge < -0.3 is 10.3 Å². The monoisotopic (exact) mass is 397 g/mol. The van der Waals surface area contributed by atoms with Gasteiger partial charge in [-0.2, -0.15) is 10.2 Å². The van der Waals surface area contributed by atoms with E-state index >= 15 is 0 Å². The van der Waals surface area contributed by atoms with Gasteiger partial charge >= 0.3 is 0 Å². The third kappa shape index (κ3) is 3.14. The van der Waals surface area contributed by atoms with Gasteiger partial charge in [-0.05, 0) is 36.4 Å². The molecule has 0 aliphatic carbocycles. The second-order valence-electron chi connectivity index (χ2n) is 6.54. The van der Waals surface area contributed by atoms with Crippen molar-refractivity contribution in [3.63, 3.8) is 0 Å². The second-order valence-corrected chi connectivity index (χ2v) is 6.54. The van der Waals surface area contributed by atoms with Gasteiger partial charge in [0.05, 0.1) is 35.7 Å². The number of benzene rings is 2. The molecule has 5 rings (SSSR count). The van der Waals surface area contributed by atoms with Gasteiger partial charge in [-0.1, -0.05) is 18.2 Å². The third-order valence-corrected chi connectivity index (χ3v) is 4.61. The van der Waals surface area contributed by atoms with Crippen LogP contribution in [0.4, 0.5) is 5.69 Å². The van der Waals surface area contributed by atoms with E-state index in [1.54, 1.807) is 39.8 Å². The van der Waals surface area contributed by atoms with Crippen LogP contribution in [0, 0.1) is 0 Å². The van der Waals surface area contributed by atoms with E-state index in [2.05, 4.69) is 25.5 Å². The molecule has 0 spiro atoms. The fourth-order valence-electron chi connectivity index (χ4n) is 3.10. The zero-order chi connectivity index (χ0) is 20.5. The molecular formula is C21H15N7O2. The number of anilines is 1. The minimum absolute atomic E-state index is 0.244. The van der Waals surface area contributed by atoms with Gasteiger partial charge in [-0.15, -0.1) is 0 Å². The summed E-state index contributed by atoms with van der Waals surface area (Å²) < 4.78 is 3.22. The molecule has 3 aromatic heterocycles. The van der Waals surface area contributed by atoms with Crippen LogP contribution in [0.3, 0.4) is 0 Å². The molecule has 0 saturated carbocycles. The summed E-state index contributed by atoms with van der Waals surface area (Å²) in [5.74, 6) is -0.261. The molecule has 0 saturated heterocycles. The van der Waals surface area contributed by atoms with Crippen molar-refractivity contribution in [2.45, 2.75) is 0 Å². The number of carbonyl (C=O) groups is 1. The Labute approximate surface area is 169 Å². The number of hydrogen-bond acceptors (Lipinski definition) is 5. The number of rotatable bonds is 4. The number of aromatic amines is 1. The maximum Gasteiger partial charge on any atom is 0.261 e. The molecule has 2 N–H and O–H groups in total. The predicted molar refractivity (Wildman–Crippen MR) is 111 cm³/mol. The van der Waals surface area contributed by atoms with E-state index in [-0.39, 0.29) is 11.5 Å². The van der Waals surface area contributed by atoms with Crippen molar-refractivity contribution < 1.29 is 4.79 Å². The molecule has 9 nitrogen and oxygen atoms in total. The maximum atomic E-state index is 12.6. The zero-order valence-electron chi connectivity index (χ0n) is 15.6. The van der Waals surface area contributed by atoms with Crippen molar-refractivity contribution in [2.75, 3.05) is 5.32 Å². The van der Waals surface area contributed by atoms with E-state index in [0.29, 0.717) is 22.3 Å². The first-order chi connectivity index (χ1) is 14.7. The molecule has 1 amide bonds. The number of aromatic nitrogens is 6. The van der Waals surface area contributed by atoms with E-state index < -0.39 is 0 Å². The van der Waals surface area contributed by atoms with Crippen LogP contribution in [0.2, 0.25) is 0 Å². The second kappa shape index (κ2) is 7.13. The van der Waals surface area contributed by atoms with Crippen molar-refractivity contribution in [3.8, 4) is 11.4 Å². The van der Waals surface area contributed by atoms with Crippen LogP contribution in [0.1, 0.15) is 10.4 Å². The summed E-state index contributed by atoms with van der Waals surface area (Å²) in [4.78, 5) is 31.1. The summed E-state index contributed by atoms with van der Waals surface area (Å²) in [6, 6.07) is 16.7. The van der Waals surface area contributed by atoms with Gasteiger partial charge in [-0.3, -0.25) is 9.59 Å². The van der Waals surface area contributed by atoms with Gasteiger partial charge in [0.1, 0.15) is 5.39 Å². The van der Waals surface area contributed by atoms with E-state index in [9.17, 15) is 9.59 Å². The van der Waals surface area contributed by atoms with E-state index in [4.69, 9.17) is 0 Å². The summed E-state index contributed by atoms with van der Waals surface area (Å²) in [5.41, 5.74) is 2.88. The van der Waals surface area contributed by atoms with Crippen LogP contribution < -0.4 is 10.9 Å². The Kier molecular flexibility index (Phi) is 4.18. The number of amides is 1. The largest absolute Gasteiger partial charge is 0.322 e. The average molecular weight is 397 g/mol. The number of nitrogens with zero attached hydrogens (tertiary/aromatic N) is 5. The highest BCUT2D eigenvalue weighted by atomic mass is 16.1. The Morgan fingerprint density at radius 1 is 0.933 bits per heavy atom. The molecule has 0 unspecified atom stereocenters. The average Bonchev–Trinajstić information content (AvgIpc) is 3.44. The first-order valence-corrected chi connectivity index (χ1v) is 9.12. The van der Waals surface area contributed by atoms with Crippen LogP contribution >= 0.6 is 0 Å². The smallest absolute Gasteiger partial charge is 0.261 e. The summed E-state index contributed by atoms with van der Waals surface area (Å²) in [7, 11) is 0. The maximum absolute atomic E-state index is 12.6. The molecule has 0 bridgehead atoms. The number of fused-ring (bicyclic) bond motifs is 1. The minimum atomic E-state index is -0.261. The summed E-state index contributed by atoms with van der Waals surface area (Å²) in [6.45, 7) is 0. The van der Waals surface area contributed by atoms with Crippen LogP contribution in [-0.2, 0) is 0 Å². The Bertz CT molecular complexity index is 1400. The fraction of sp³-hybridized carbons (Fsp3) is 0. The molecule has 9 heteroatoms. The van der Waals surface area contributed by atoms with Crippen molar-refractivity contribution >= 4 is 22.6 Å². The molecule has 5 aromatic rings. The standard InChI is InChI=1S/C21H15N7O2/c29-20(14-10-24-27(12-14)16-4-2-1-3-5-16)26-15-6-8-17(9-7-15)28-19-18(11-25-28)21(30)23-13-22-19/h1-13H,(H,26,29)(H,22,23,30). The molecule has 0 aliphatic rings. The Morgan fingerprint density at radius 3 is 2.53 bits per heavy atom. The van der Waals surface area contributed by atoms with Crippen molar-refractivity contribution in [3.05, 3.63) is 95.4 Å². The first-order valence-electron chi connectivity index (χ1n) is 9.12. The molecule has 146 valence electrons. The SMILES string of the molecule is O=C(Nc1ccc(-n2ncc3c(=O)[nH]cnc32)cc1)c1cnn(-c2ccccc2)c1. The van der Waals surface area contributed by atoms with Crippen molar-refractivity contribution in [1.29, 1.82) is 0 Å². The van der Waals surface area contributed by atoms with Crippen LogP contribution in [0.25, 0.3) is 22.4 Å². The lowest BCUT2D eigenvalue weighted by Crippen LogP contribution is -2.11. The van der Waals surface area contributed by atoms with Gasteiger partial charge in [0, 0.05) is 11.9 Å². The Balaban J connectivity index is 1.35. The number of hydrogen-bond donors (Lipinski definition) is 2. The first kappa shape index (κ1) is 17.6. The number of H-pyrrole nitrogens is 1. The summed E-state index contributed by atoms with van der Waals surface area (Å²) in [6.07, 6.45) is 6.02. The topological polar surface area (TPSA) is 110 Å². The van der Waals surface area contributed by atoms with Crippen LogP contribution in [-0.4, -0.2) is 35.4 Å². The van der Waals surface area contributed by atoms with Crippen LogP contribution in [0.5, 0.6) is 0 Å². The van der Waals surface area contributed by atoms with Gasteiger partial charge in [0.25, 0.3) is 11.5 Å². The Morgan fingerprint density at radius 2 is 1.73 bits per heavy atom. The summed E-state index contributed by atoms with van der Waals surface area (Å²) >= 11 is 0. The lowest BCUT2D eigenvalue weighted by molar-refractivity contribution is 0.102. The molecule has 0 radical (unpaired) electrons. The number of carbonyl (C=O) groups excluding carboxylic acids is 1. The molecule has 0 atom stereocenters. The molecular weight excluding hydrogens is 382 g/mol. The van der Waals surface area contributed by atoms with E-state index in [0.717, 1.165) is 11.4 Å². The number of nitrogens with one attached hydrogen (secondary N) is 2. The number of para-hydroxylation sites is 1. The Hall–Kier alpha value is -4.53. The van der Waals surface area contributed by atoms with Crippen LogP contribution in [0.15, 0.2) is 84.3 Å². The third-order valence-electron chi connectivity index (χ3n) is 4.61. The molecule has 0 aliphatic heterocycles. The molecule has 0 fully saturated rings. The summed E-state index contributed by atoms with van der Waals surface area (Å²) in [5, 5.41) is 11.7. The van der Waals surface area contributed by atoms with Gasteiger partial charge in [0.15, 0.2) is 5.65 Å². The van der Waals surface area contributed by atoms with E-state index in [1.807, 2.05) is 30.3 Å². The van der Waals surface area contributed by atoms with Gasteiger partial charge in [-0.25, -0.2) is 14.3 Å². The lowest BCUT2D eigenvalue weighted by atomic mass is 10.2. The highest BCUT2D eigenvalue weighted by molar-refractivity contribution is 6.04. The highest BCUT2D eigenvalue weighted by Crippen LogP contribution is 2.17. The normalized spacial score (nSPS) is 10.9. The molecule has 2 aromatic carbocycles. The van der Waals surface area contributed by atoms with Crippen molar-refractivity contribution in [2.24, 2.45) is 0 Å². The quantitative estimate of drug-likeness (QED) is 0.484. The predicted octanol–water partition coefficient (Wildman–Crippen LogP) is 2.55. The highest BCUT2D eigenvalue weighted by Gasteiger charge is 2.11. The lowest BCUT2D eigenvalue weighted by Gasteiger charge is -2.06. The van der Waals surface area contributed by atoms with Crippen molar-refractivity contribution in [1.82, 2.24) is 29.5 Å². The minimum Gasteiger partial charge on any atom is -0.322 e. The van der Waals surface area contributed by atoms with Gasteiger partial charge in [0.2, 0.25) is 0 Å². The molecule has 30 heavy (non-hydrogen) atoms.